The van der Waals surface area contributed by atoms with Crippen LogP contribution in [0.15, 0.2) is 0 Å². The lowest BCUT2D eigenvalue weighted by Gasteiger charge is -2.33. The van der Waals surface area contributed by atoms with Crippen molar-refractivity contribution >= 4 is 15.9 Å². The molecule has 1 amide bonds. The number of nitrogens with zero attached hydrogens (tertiary/aromatic N) is 1. The zero-order valence-electron chi connectivity index (χ0n) is 10.3. The Hall–Kier alpha value is -0.820. The van der Waals surface area contributed by atoms with E-state index in [-0.39, 0.29) is 18.8 Å². The Balaban J connectivity index is 2.68. The van der Waals surface area contributed by atoms with Gasteiger partial charge in [0.2, 0.25) is 0 Å². The van der Waals surface area contributed by atoms with E-state index in [4.69, 9.17) is 9.84 Å². The van der Waals surface area contributed by atoms with E-state index in [1.807, 2.05) is 0 Å². The number of hydrogen-bond donors (Lipinski definition) is 1. The van der Waals surface area contributed by atoms with Gasteiger partial charge in [-0.1, -0.05) is 0 Å². The molecule has 1 unspecified atom stereocenters. The van der Waals surface area contributed by atoms with Gasteiger partial charge in [-0.05, 0) is 20.8 Å². The summed E-state index contributed by atoms with van der Waals surface area (Å²) in [4.78, 5) is 13.0. The van der Waals surface area contributed by atoms with Crippen molar-refractivity contribution in [1.29, 1.82) is 0 Å². The summed E-state index contributed by atoms with van der Waals surface area (Å²) in [6.45, 7) is 4.88. The fourth-order valence-corrected chi connectivity index (χ4v) is 2.96. The summed E-state index contributed by atoms with van der Waals surface area (Å²) in [5.41, 5.74) is -0.609. The van der Waals surface area contributed by atoms with Gasteiger partial charge in [-0.15, -0.1) is 0 Å². The number of rotatable bonds is 1. The Morgan fingerprint density at radius 2 is 2.06 bits per heavy atom. The first-order chi connectivity index (χ1) is 7.65. The fraction of sp³-hybridized carbons (Fsp3) is 0.900. The van der Waals surface area contributed by atoms with Crippen LogP contribution in [0.2, 0.25) is 0 Å². The van der Waals surface area contributed by atoms with Gasteiger partial charge in [0.1, 0.15) is 10.9 Å². The molecule has 0 aromatic carbocycles. The van der Waals surface area contributed by atoms with Crippen molar-refractivity contribution in [2.45, 2.75) is 31.6 Å². The van der Waals surface area contributed by atoms with E-state index in [1.165, 1.54) is 4.90 Å². The SMILES string of the molecule is CC(C)(C)OC(=O)N1CCS(=O)(=O)C(CO)C1. The van der Waals surface area contributed by atoms with Gasteiger partial charge in [0.25, 0.3) is 0 Å². The third-order valence-corrected chi connectivity index (χ3v) is 4.50. The monoisotopic (exact) mass is 265 g/mol. The number of amides is 1. The zero-order valence-corrected chi connectivity index (χ0v) is 11.2. The first-order valence-corrected chi connectivity index (χ1v) is 7.17. The molecule has 1 N–H and O–H groups in total. The predicted molar refractivity (Wildman–Crippen MR) is 62.5 cm³/mol. The highest BCUT2D eigenvalue weighted by Crippen LogP contribution is 2.16. The molecule has 0 aliphatic carbocycles. The van der Waals surface area contributed by atoms with Crippen LogP contribution in [0.4, 0.5) is 4.79 Å². The first-order valence-electron chi connectivity index (χ1n) is 5.46. The maximum atomic E-state index is 11.7. The Morgan fingerprint density at radius 1 is 1.47 bits per heavy atom. The van der Waals surface area contributed by atoms with Gasteiger partial charge in [0.05, 0.1) is 12.4 Å². The van der Waals surface area contributed by atoms with Crippen molar-refractivity contribution in [3.8, 4) is 0 Å². The molecule has 1 aliphatic heterocycles. The molecule has 0 aromatic heterocycles. The minimum atomic E-state index is -3.28. The predicted octanol–water partition coefficient (Wildman–Crippen LogP) is 0.0128. The smallest absolute Gasteiger partial charge is 0.410 e. The van der Waals surface area contributed by atoms with Gasteiger partial charge >= 0.3 is 6.09 Å². The van der Waals surface area contributed by atoms with Gasteiger partial charge in [0, 0.05) is 13.1 Å². The Labute approximate surface area is 101 Å². The van der Waals surface area contributed by atoms with Gasteiger partial charge in [-0.25, -0.2) is 13.2 Å². The number of carbonyl (C=O) groups excluding carboxylic acids is 1. The van der Waals surface area contributed by atoms with Crippen molar-refractivity contribution in [2.75, 3.05) is 25.4 Å². The van der Waals surface area contributed by atoms with Gasteiger partial charge in [0.15, 0.2) is 9.84 Å². The van der Waals surface area contributed by atoms with Crippen molar-refractivity contribution in [3.63, 3.8) is 0 Å². The van der Waals surface area contributed by atoms with E-state index < -0.39 is 33.4 Å². The van der Waals surface area contributed by atoms with Crippen LogP contribution in [0, 0.1) is 0 Å². The molecular formula is C10H19NO5S. The molecule has 0 radical (unpaired) electrons. The summed E-state index contributed by atoms with van der Waals surface area (Å²) >= 11 is 0. The van der Waals surface area contributed by atoms with Gasteiger partial charge in [-0.3, -0.25) is 0 Å². The van der Waals surface area contributed by atoms with Crippen molar-refractivity contribution in [2.24, 2.45) is 0 Å². The fourth-order valence-electron chi connectivity index (χ4n) is 1.52. The second kappa shape index (κ2) is 4.81. The van der Waals surface area contributed by atoms with Crippen LogP contribution in [-0.4, -0.2) is 60.8 Å². The molecule has 17 heavy (non-hydrogen) atoms. The van der Waals surface area contributed by atoms with E-state index in [0.29, 0.717) is 0 Å². The molecule has 0 spiro atoms. The molecule has 1 aliphatic rings. The number of carbonyl (C=O) groups is 1. The highest BCUT2D eigenvalue weighted by molar-refractivity contribution is 7.92. The summed E-state index contributed by atoms with van der Waals surface area (Å²) in [6, 6.07) is 0. The molecule has 1 heterocycles. The summed E-state index contributed by atoms with van der Waals surface area (Å²) in [5.74, 6) is -0.128. The molecule has 100 valence electrons. The van der Waals surface area contributed by atoms with Crippen molar-refractivity contribution < 1.29 is 23.1 Å². The lowest BCUT2D eigenvalue weighted by molar-refractivity contribution is 0.0246. The van der Waals surface area contributed by atoms with Crippen LogP contribution in [0.1, 0.15) is 20.8 Å². The molecule has 1 rings (SSSR count). The van der Waals surface area contributed by atoms with Crippen molar-refractivity contribution in [1.82, 2.24) is 4.90 Å². The minimum absolute atomic E-state index is 0.00620. The van der Waals surface area contributed by atoms with E-state index in [0.717, 1.165) is 0 Å². The van der Waals surface area contributed by atoms with Crippen LogP contribution >= 0.6 is 0 Å². The Kier molecular flexibility index (Phi) is 4.03. The first kappa shape index (κ1) is 14.2. The van der Waals surface area contributed by atoms with Crippen LogP contribution in [0.3, 0.4) is 0 Å². The second-order valence-electron chi connectivity index (χ2n) is 5.10. The summed E-state index contributed by atoms with van der Waals surface area (Å²) in [5, 5.41) is 8.10. The van der Waals surface area contributed by atoms with Crippen LogP contribution in [0.5, 0.6) is 0 Å². The minimum Gasteiger partial charge on any atom is -0.444 e. The Morgan fingerprint density at radius 3 is 2.53 bits per heavy atom. The molecule has 1 fully saturated rings. The summed E-state index contributed by atoms with van der Waals surface area (Å²) in [7, 11) is -3.28. The summed E-state index contributed by atoms with van der Waals surface area (Å²) in [6.07, 6.45) is -0.536. The topological polar surface area (TPSA) is 83.9 Å². The lowest BCUT2D eigenvalue weighted by atomic mass is 10.2. The number of aliphatic hydroxyl groups excluding tert-OH is 1. The van der Waals surface area contributed by atoms with E-state index in [9.17, 15) is 13.2 Å². The molecule has 0 saturated carbocycles. The third-order valence-electron chi connectivity index (χ3n) is 2.43. The van der Waals surface area contributed by atoms with E-state index in [2.05, 4.69) is 0 Å². The van der Waals surface area contributed by atoms with Crippen LogP contribution < -0.4 is 0 Å². The number of ether oxygens (including phenoxy) is 1. The molecule has 6 nitrogen and oxygen atoms in total. The molecular weight excluding hydrogens is 246 g/mol. The lowest BCUT2D eigenvalue weighted by Crippen LogP contribution is -2.51. The van der Waals surface area contributed by atoms with Crippen LogP contribution in [0.25, 0.3) is 0 Å². The normalized spacial score (nSPS) is 24.5. The maximum absolute atomic E-state index is 11.7. The standard InChI is InChI=1S/C10H19NO5S/c1-10(2,3)16-9(13)11-4-5-17(14,15)8(6-11)7-12/h8,12H,4-7H2,1-3H3. The molecule has 1 saturated heterocycles. The number of sulfone groups is 1. The van der Waals surface area contributed by atoms with E-state index in [1.54, 1.807) is 20.8 Å². The molecule has 0 bridgehead atoms. The average molecular weight is 265 g/mol. The Bertz CT molecular complexity index is 384. The number of hydrogen-bond acceptors (Lipinski definition) is 5. The van der Waals surface area contributed by atoms with Crippen LogP contribution in [-0.2, 0) is 14.6 Å². The largest absolute Gasteiger partial charge is 0.444 e. The van der Waals surface area contributed by atoms with Crippen molar-refractivity contribution in [3.05, 3.63) is 0 Å². The van der Waals surface area contributed by atoms with Gasteiger partial charge in [-0.2, -0.15) is 0 Å². The van der Waals surface area contributed by atoms with Gasteiger partial charge < -0.3 is 14.7 Å². The highest BCUT2D eigenvalue weighted by atomic mass is 32.2. The zero-order chi connectivity index (χ0) is 13.3. The molecule has 0 aromatic rings. The average Bonchev–Trinajstić information content (AvgIpc) is 2.14. The highest BCUT2D eigenvalue weighted by Gasteiger charge is 2.35. The third kappa shape index (κ3) is 3.85. The van der Waals surface area contributed by atoms with E-state index >= 15 is 0 Å². The molecule has 7 heteroatoms. The quantitative estimate of drug-likeness (QED) is 0.722. The maximum Gasteiger partial charge on any atom is 0.410 e. The summed E-state index contributed by atoms with van der Waals surface area (Å²) < 4.78 is 28.2. The molecule has 1 atom stereocenters. The second-order valence-corrected chi connectivity index (χ2v) is 7.50. The number of aliphatic hydroxyl groups is 1.